The number of aromatic nitrogens is 2. The van der Waals surface area contributed by atoms with Gasteiger partial charge in [-0.05, 0) is 30.5 Å². The zero-order valence-electron chi connectivity index (χ0n) is 13.9. The predicted molar refractivity (Wildman–Crippen MR) is 96.1 cm³/mol. The summed E-state index contributed by atoms with van der Waals surface area (Å²) in [5.41, 5.74) is 5.01. The van der Waals surface area contributed by atoms with Crippen LogP contribution in [-0.2, 0) is 13.0 Å². The molecule has 0 bridgehead atoms. The maximum absolute atomic E-state index is 12.2. The van der Waals surface area contributed by atoms with E-state index < -0.39 is 0 Å². The molecule has 0 fully saturated rings. The Kier molecular flexibility index (Phi) is 3.81. The second-order valence-corrected chi connectivity index (χ2v) is 6.32. The summed E-state index contributed by atoms with van der Waals surface area (Å²) in [5.74, 6) is 0.928. The fraction of sp³-hybridized carbons (Fsp3) is 0.300. The van der Waals surface area contributed by atoms with E-state index in [0.29, 0.717) is 12.1 Å². The number of imidazole rings is 1. The van der Waals surface area contributed by atoms with Gasteiger partial charge in [0.15, 0.2) is 0 Å². The second kappa shape index (κ2) is 6.11. The summed E-state index contributed by atoms with van der Waals surface area (Å²) in [6.45, 7) is 3.58. The van der Waals surface area contributed by atoms with Gasteiger partial charge in [0.05, 0.1) is 16.6 Å². The lowest BCUT2D eigenvalue weighted by atomic mass is 10.1. The fourth-order valence-corrected chi connectivity index (χ4v) is 3.38. The third-order valence-electron chi connectivity index (χ3n) is 4.66. The van der Waals surface area contributed by atoms with E-state index >= 15 is 0 Å². The second-order valence-electron chi connectivity index (χ2n) is 6.32. The molecule has 0 saturated carbocycles. The highest BCUT2D eigenvalue weighted by Gasteiger charge is 2.21. The monoisotopic (exact) mass is 319 g/mol. The van der Waals surface area contributed by atoms with E-state index in [9.17, 15) is 4.79 Å². The van der Waals surface area contributed by atoms with Crippen LogP contribution in [-0.4, -0.2) is 22.0 Å². The van der Waals surface area contributed by atoms with Gasteiger partial charge in [-0.25, -0.2) is 4.98 Å². The summed E-state index contributed by atoms with van der Waals surface area (Å²) in [6, 6.07) is 14.4. The normalized spacial score (nSPS) is 13.8. The largest absolute Gasteiger partial charge is 0.350 e. The molecule has 1 aromatic heterocycles. The lowest BCUT2D eigenvalue weighted by Gasteiger charge is -2.08. The topological polar surface area (TPSA) is 46.9 Å². The molecule has 4 nitrogen and oxygen atoms in total. The Morgan fingerprint density at radius 3 is 2.79 bits per heavy atom. The number of unbranched alkanes of at least 4 members (excludes halogenated alkanes) is 1. The molecule has 24 heavy (non-hydrogen) atoms. The number of rotatable bonds is 4. The maximum atomic E-state index is 12.2. The van der Waals surface area contributed by atoms with Crippen molar-refractivity contribution in [2.24, 2.45) is 0 Å². The first-order chi connectivity index (χ1) is 11.8. The molecule has 0 aliphatic carbocycles. The minimum atomic E-state index is -0.0132. The van der Waals surface area contributed by atoms with Gasteiger partial charge in [0.1, 0.15) is 5.82 Å². The summed E-state index contributed by atoms with van der Waals surface area (Å²) in [7, 11) is 0. The Hall–Kier alpha value is -2.62. The van der Waals surface area contributed by atoms with Gasteiger partial charge in [0, 0.05) is 18.7 Å². The van der Waals surface area contributed by atoms with Gasteiger partial charge < -0.3 is 9.88 Å². The number of benzene rings is 2. The Morgan fingerprint density at radius 2 is 2.00 bits per heavy atom. The van der Waals surface area contributed by atoms with Crippen molar-refractivity contribution in [2.75, 3.05) is 6.54 Å². The van der Waals surface area contributed by atoms with E-state index in [0.717, 1.165) is 35.4 Å². The van der Waals surface area contributed by atoms with Gasteiger partial charge in [-0.1, -0.05) is 43.7 Å². The summed E-state index contributed by atoms with van der Waals surface area (Å²) in [5, 5.41) is 2.96. The van der Waals surface area contributed by atoms with Crippen LogP contribution in [0.1, 0.15) is 35.7 Å². The third-order valence-corrected chi connectivity index (χ3v) is 4.66. The molecule has 2 heterocycles. The third kappa shape index (κ3) is 2.48. The SMILES string of the molecule is CCCCc1ccc(-c2nc3cccc4c3n2CCNC4=O)cc1. The molecule has 0 atom stereocenters. The first-order valence-electron chi connectivity index (χ1n) is 8.64. The summed E-state index contributed by atoms with van der Waals surface area (Å²) in [4.78, 5) is 17.0. The van der Waals surface area contributed by atoms with Gasteiger partial charge >= 0.3 is 0 Å². The van der Waals surface area contributed by atoms with E-state index in [2.05, 4.69) is 41.1 Å². The molecule has 122 valence electrons. The highest BCUT2D eigenvalue weighted by atomic mass is 16.1. The van der Waals surface area contributed by atoms with Gasteiger partial charge in [0.2, 0.25) is 0 Å². The molecule has 1 N–H and O–H groups in total. The molecule has 1 amide bonds. The number of amides is 1. The number of nitrogens with zero attached hydrogens (tertiary/aromatic N) is 2. The number of carbonyl (C=O) groups excluding carboxylic acids is 1. The van der Waals surface area contributed by atoms with Crippen molar-refractivity contribution in [1.82, 2.24) is 14.9 Å². The number of hydrogen-bond acceptors (Lipinski definition) is 2. The molecular weight excluding hydrogens is 298 g/mol. The van der Waals surface area contributed by atoms with Crippen molar-refractivity contribution < 1.29 is 4.79 Å². The van der Waals surface area contributed by atoms with Crippen molar-refractivity contribution in [3.05, 3.63) is 53.6 Å². The highest BCUT2D eigenvalue weighted by Crippen LogP contribution is 2.28. The number of nitrogens with one attached hydrogen (secondary N) is 1. The average Bonchev–Trinajstić information content (AvgIpc) is 2.90. The van der Waals surface area contributed by atoms with Crippen LogP contribution in [0.3, 0.4) is 0 Å². The summed E-state index contributed by atoms with van der Waals surface area (Å²) < 4.78 is 2.17. The quantitative estimate of drug-likeness (QED) is 0.795. The van der Waals surface area contributed by atoms with Crippen LogP contribution in [0.5, 0.6) is 0 Å². The van der Waals surface area contributed by atoms with Gasteiger partial charge in [0.25, 0.3) is 5.91 Å². The number of para-hydroxylation sites is 1. The van der Waals surface area contributed by atoms with Crippen LogP contribution in [0.4, 0.5) is 0 Å². The standard InChI is InChI=1S/C20H21N3O/c1-2-3-5-14-8-10-15(11-9-14)19-22-17-7-4-6-16-18(17)23(19)13-12-21-20(16)24/h4,6-11H,2-3,5,12-13H2,1H3,(H,21,24). The van der Waals surface area contributed by atoms with E-state index in [1.54, 1.807) is 0 Å². The first kappa shape index (κ1) is 14.9. The fourth-order valence-electron chi connectivity index (χ4n) is 3.38. The maximum Gasteiger partial charge on any atom is 0.253 e. The van der Waals surface area contributed by atoms with E-state index in [1.807, 2.05) is 18.2 Å². The van der Waals surface area contributed by atoms with Crippen LogP contribution >= 0.6 is 0 Å². The van der Waals surface area contributed by atoms with Crippen LogP contribution in [0.25, 0.3) is 22.4 Å². The Labute approximate surface area is 141 Å². The first-order valence-corrected chi connectivity index (χ1v) is 8.64. The molecule has 0 spiro atoms. The molecule has 4 rings (SSSR count). The molecule has 2 aromatic carbocycles. The van der Waals surface area contributed by atoms with E-state index in [1.165, 1.54) is 18.4 Å². The lowest BCUT2D eigenvalue weighted by Crippen LogP contribution is -2.24. The number of hydrogen-bond donors (Lipinski definition) is 1. The Bertz CT molecular complexity index is 893. The molecule has 1 aliphatic rings. The highest BCUT2D eigenvalue weighted by molar-refractivity contribution is 6.06. The van der Waals surface area contributed by atoms with Crippen molar-refractivity contribution in [1.29, 1.82) is 0 Å². The predicted octanol–water partition coefficient (Wildman–Crippen LogP) is 3.79. The molecule has 1 aliphatic heterocycles. The molecular formula is C20H21N3O. The van der Waals surface area contributed by atoms with Gasteiger partial charge in [-0.3, -0.25) is 4.79 Å². The summed E-state index contributed by atoms with van der Waals surface area (Å²) in [6.07, 6.45) is 3.55. The van der Waals surface area contributed by atoms with Crippen LogP contribution in [0, 0.1) is 0 Å². The smallest absolute Gasteiger partial charge is 0.253 e. The van der Waals surface area contributed by atoms with Crippen molar-refractivity contribution in [2.45, 2.75) is 32.7 Å². The zero-order valence-corrected chi connectivity index (χ0v) is 13.9. The molecule has 3 aromatic rings. The van der Waals surface area contributed by atoms with Crippen LogP contribution in [0.2, 0.25) is 0 Å². The molecule has 4 heteroatoms. The van der Waals surface area contributed by atoms with Gasteiger partial charge in [-0.15, -0.1) is 0 Å². The van der Waals surface area contributed by atoms with Crippen molar-refractivity contribution in [3.63, 3.8) is 0 Å². The van der Waals surface area contributed by atoms with Crippen molar-refractivity contribution >= 4 is 16.9 Å². The van der Waals surface area contributed by atoms with Crippen molar-refractivity contribution in [3.8, 4) is 11.4 Å². The van der Waals surface area contributed by atoms with E-state index in [-0.39, 0.29) is 5.91 Å². The molecule has 0 unspecified atom stereocenters. The molecule has 0 radical (unpaired) electrons. The lowest BCUT2D eigenvalue weighted by molar-refractivity contribution is 0.0956. The minimum Gasteiger partial charge on any atom is -0.350 e. The minimum absolute atomic E-state index is 0.0132. The van der Waals surface area contributed by atoms with E-state index in [4.69, 9.17) is 4.98 Å². The number of carbonyl (C=O) groups is 1. The van der Waals surface area contributed by atoms with Crippen LogP contribution < -0.4 is 5.32 Å². The Morgan fingerprint density at radius 1 is 1.17 bits per heavy atom. The molecule has 0 saturated heterocycles. The number of aryl methyl sites for hydroxylation is 1. The Balaban J connectivity index is 1.81. The van der Waals surface area contributed by atoms with Crippen LogP contribution in [0.15, 0.2) is 42.5 Å². The zero-order chi connectivity index (χ0) is 16.5. The van der Waals surface area contributed by atoms with Gasteiger partial charge in [-0.2, -0.15) is 0 Å². The summed E-state index contributed by atoms with van der Waals surface area (Å²) >= 11 is 0. The average molecular weight is 319 g/mol.